The molecule has 3 heteroatoms. The van der Waals surface area contributed by atoms with E-state index in [1.807, 2.05) is 12.1 Å². The van der Waals surface area contributed by atoms with Crippen LogP contribution in [0, 0.1) is 0 Å². The molecule has 78 valence electrons. The molecule has 1 aromatic carbocycles. The largest absolute Gasteiger partial charge is 0.467 e. The molecule has 0 saturated heterocycles. The Morgan fingerprint density at radius 1 is 1.27 bits per heavy atom. The molecule has 0 aliphatic heterocycles. The van der Waals surface area contributed by atoms with Crippen molar-refractivity contribution in [3.63, 3.8) is 0 Å². The molecule has 2 aromatic rings. The fourth-order valence-electron chi connectivity index (χ4n) is 1.34. The maximum absolute atomic E-state index is 5.24. The highest BCUT2D eigenvalue weighted by Gasteiger charge is 1.96. The van der Waals surface area contributed by atoms with E-state index < -0.39 is 0 Å². The van der Waals surface area contributed by atoms with Gasteiger partial charge in [-0.15, -0.1) is 11.8 Å². The zero-order chi connectivity index (χ0) is 10.5. The van der Waals surface area contributed by atoms with Gasteiger partial charge in [-0.3, -0.25) is 0 Å². The highest BCUT2D eigenvalue weighted by atomic mass is 32.2. The van der Waals surface area contributed by atoms with Crippen molar-refractivity contribution in [2.24, 2.45) is 0 Å². The number of furan rings is 1. The Hall–Kier alpha value is -1.35. The minimum Gasteiger partial charge on any atom is -0.467 e. The molecule has 0 spiro atoms. The van der Waals surface area contributed by atoms with Crippen molar-refractivity contribution in [2.45, 2.75) is 11.4 Å². The van der Waals surface area contributed by atoms with Gasteiger partial charge in [0.25, 0.3) is 0 Å². The Morgan fingerprint density at radius 2 is 2.20 bits per heavy atom. The van der Waals surface area contributed by atoms with Crippen molar-refractivity contribution >= 4 is 17.4 Å². The van der Waals surface area contributed by atoms with Crippen LogP contribution in [0.4, 0.5) is 5.69 Å². The van der Waals surface area contributed by atoms with Crippen molar-refractivity contribution < 1.29 is 4.42 Å². The summed E-state index contributed by atoms with van der Waals surface area (Å²) in [4.78, 5) is 1.26. The fourth-order valence-corrected chi connectivity index (χ4v) is 1.79. The first-order valence-corrected chi connectivity index (χ1v) is 6.01. The monoisotopic (exact) mass is 219 g/mol. The van der Waals surface area contributed by atoms with Gasteiger partial charge < -0.3 is 9.73 Å². The molecule has 0 aliphatic rings. The second-order valence-corrected chi connectivity index (χ2v) is 4.04. The lowest BCUT2D eigenvalue weighted by atomic mass is 10.3. The molecule has 1 aromatic heterocycles. The Morgan fingerprint density at radius 3 is 2.93 bits per heavy atom. The van der Waals surface area contributed by atoms with Crippen molar-refractivity contribution in [1.82, 2.24) is 0 Å². The summed E-state index contributed by atoms with van der Waals surface area (Å²) in [6.07, 6.45) is 3.76. The first-order chi connectivity index (χ1) is 7.38. The minimum absolute atomic E-state index is 0.727. The normalized spacial score (nSPS) is 10.2. The lowest BCUT2D eigenvalue weighted by molar-refractivity contribution is 0.518. The zero-order valence-electron chi connectivity index (χ0n) is 8.57. The second kappa shape index (κ2) is 4.94. The number of benzene rings is 1. The van der Waals surface area contributed by atoms with Gasteiger partial charge in [0.05, 0.1) is 12.8 Å². The van der Waals surface area contributed by atoms with Crippen molar-refractivity contribution in [2.75, 3.05) is 11.6 Å². The summed E-state index contributed by atoms with van der Waals surface area (Å²) in [6.45, 7) is 0.727. The topological polar surface area (TPSA) is 25.2 Å². The van der Waals surface area contributed by atoms with Crippen molar-refractivity contribution in [3.8, 4) is 0 Å². The average molecular weight is 219 g/mol. The van der Waals surface area contributed by atoms with Gasteiger partial charge in [0.15, 0.2) is 0 Å². The molecular weight excluding hydrogens is 206 g/mol. The van der Waals surface area contributed by atoms with Crippen LogP contribution < -0.4 is 5.32 Å². The van der Waals surface area contributed by atoms with Gasteiger partial charge in [-0.25, -0.2) is 0 Å². The van der Waals surface area contributed by atoms with Crippen LogP contribution in [-0.4, -0.2) is 6.26 Å². The first-order valence-electron chi connectivity index (χ1n) is 4.79. The van der Waals surface area contributed by atoms with Gasteiger partial charge in [0.1, 0.15) is 5.76 Å². The van der Waals surface area contributed by atoms with E-state index >= 15 is 0 Å². The van der Waals surface area contributed by atoms with Crippen LogP contribution in [0.5, 0.6) is 0 Å². The van der Waals surface area contributed by atoms with Crippen molar-refractivity contribution in [3.05, 3.63) is 48.4 Å². The predicted octanol–water partition coefficient (Wildman–Crippen LogP) is 3.61. The molecule has 0 unspecified atom stereocenters. The summed E-state index contributed by atoms with van der Waals surface area (Å²) in [6, 6.07) is 12.2. The SMILES string of the molecule is CSc1cccc(NCc2ccco2)c1. The molecule has 2 nitrogen and oxygen atoms in total. The molecule has 0 radical (unpaired) electrons. The van der Waals surface area contributed by atoms with Crippen LogP contribution >= 0.6 is 11.8 Å². The summed E-state index contributed by atoms with van der Waals surface area (Å²) in [5.41, 5.74) is 1.12. The van der Waals surface area contributed by atoms with Gasteiger partial charge in [-0.2, -0.15) is 0 Å². The van der Waals surface area contributed by atoms with Gasteiger partial charge >= 0.3 is 0 Å². The number of hydrogen-bond donors (Lipinski definition) is 1. The van der Waals surface area contributed by atoms with E-state index in [1.54, 1.807) is 18.0 Å². The lowest BCUT2D eigenvalue weighted by Gasteiger charge is -2.05. The quantitative estimate of drug-likeness (QED) is 0.795. The predicted molar refractivity (Wildman–Crippen MR) is 64.3 cm³/mol. The third kappa shape index (κ3) is 2.80. The zero-order valence-corrected chi connectivity index (χ0v) is 9.38. The number of hydrogen-bond acceptors (Lipinski definition) is 3. The molecule has 1 heterocycles. The first kappa shape index (κ1) is 10.2. The van der Waals surface area contributed by atoms with Gasteiger partial charge in [-0.1, -0.05) is 6.07 Å². The Kier molecular flexibility index (Phi) is 3.35. The van der Waals surface area contributed by atoms with Crippen LogP contribution in [0.15, 0.2) is 52.0 Å². The molecule has 1 N–H and O–H groups in total. The molecule has 2 rings (SSSR count). The number of nitrogens with one attached hydrogen (secondary N) is 1. The molecule has 15 heavy (non-hydrogen) atoms. The maximum Gasteiger partial charge on any atom is 0.122 e. The number of thioether (sulfide) groups is 1. The third-order valence-electron chi connectivity index (χ3n) is 2.12. The highest BCUT2D eigenvalue weighted by molar-refractivity contribution is 7.98. The van der Waals surface area contributed by atoms with E-state index in [2.05, 4.69) is 35.8 Å². The summed E-state index contributed by atoms with van der Waals surface area (Å²) >= 11 is 1.74. The van der Waals surface area contributed by atoms with Crippen LogP contribution in [0.25, 0.3) is 0 Å². The second-order valence-electron chi connectivity index (χ2n) is 3.16. The molecule has 0 bridgehead atoms. The lowest BCUT2D eigenvalue weighted by Crippen LogP contribution is -1.97. The molecule has 0 aliphatic carbocycles. The van der Waals surface area contributed by atoms with Crippen LogP contribution in [-0.2, 0) is 6.54 Å². The molecule has 0 atom stereocenters. The van der Waals surface area contributed by atoms with E-state index in [0.717, 1.165) is 18.0 Å². The van der Waals surface area contributed by atoms with Crippen LogP contribution in [0.2, 0.25) is 0 Å². The fraction of sp³-hybridized carbons (Fsp3) is 0.167. The summed E-state index contributed by atoms with van der Waals surface area (Å²) in [5, 5.41) is 3.31. The van der Waals surface area contributed by atoms with E-state index in [1.165, 1.54) is 4.90 Å². The standard InChI is InChI=1S/C12H13NOS/c1-15-12-6-2-4-10(8-12)13-9-11-5-3-7-14-11/h2-8,13H,9H2,1H3. The molecular formula is C12H13NOS. The Labute approximate surface area is 93.7 Å². The van der Waals surface area contributed by atoms with E-state index in [0.29, 0.717) is 0 Å². The maximum atomic E-state index is 5.24. The van der Waals surface area contributed by atoms with Gasteiger partial charge in [-0.05, 0) is 36.6 Å². The number of rotatable bonds is 4. The van der Waals surface area contributed by atoms with E-state index in [-0.39, 0.29) is 0 Å². The Balaban J connectivity index is 1.98. The molecule has 0 amide bonds. The molecule has 0 fully saturated rings. The number of anilines is 1. The smallest absolute Gasteiger partial charge is 0.122 e. The summed E-state index contributed by atoms with van der Waals surface area (Å²) in [7, 11) is 0. The van der Waals surface area contributed by atoms with Crippen LogP contribution in [0.3, 0.4) is 0 Å². The third-order valence-corrected chi connectivity index (χ3v) is 2.84. The molecule has 0 saturated carbocycles. The minimum atomic E-state index is 0.727. The average Bonchev–Trinajstić information content (AvgIpc) is 2.79. The van der Waals surface area contributed by atoms with Gasteiger partial charge in [0, 0.05) is 10.6 Å². The van der Waals surface area contributed by atoms with E-state index in [4.69, 9.17) is 4.42 Å². The van der Waals surface area contributed by atoms with Gasteiger partial charge in [0.2, 0.25) is 0 Å². The summed E-state index contributed by atoms with van der Waals surface area (Å²) < 4.78 is 5.24. The highest BCUT2D eigenvalue weighted by Crippen LogP contribution is 2.19. The van der Waals surface area contributed by atoms with Crippen molar-refractivity contribution in [1.29, 1.82) is 0 Å². The summed E-state index contributed by atoms with van der Waals surface area (Å²) in [5.74, 6) is 0.949. The van der Waals surface area contributed by atoms with Crippen LogP contribution in [0.1, 0.15) is 5.76 Å². The Bertz CT molecular complexity index is 411. The van der Waals surface area contributed by atoms with E-state index in [9.17, 15) is 0 Å².